The Balaban J connectivity index is 1.75. The molecule has 0 saturated heterocycles. The van der Waals surface area contributed by atoms with Gasteiger partial charge in [0.1, 0.15) is 5.76 Å². The highest BCUT2D eigenvalue weighted by Gasteiger charge is 2.27. The molecule has 0 radical (unpaired) electrons. The molecule has 3 heterocycles. The predicted molar refractivity (Wildman–Crippen MR) is 93.6 cm³/mol. The molecular formula is C17H23N3O4S. The Kier molecular flexibility index (Phi) is 5.01. The van der Waals surface area contributed by atoms with Crippen LogP contribution in [0.25, 0.3) is 0 Å². The fraction of sp³-hybridized carbons (Fsp3) is 0.471. The second-order valence-corrected chi connectivity index (χ2v) is 8.40. The Morgan fingerprint density at radius 2 is 2.12 bits per heavy atom. The maximum absolute atomic E-state index is 12.8. The van der Waals surface area contributed by atoms with Crippen molar-refractivity contribution in [3.8, 4) is 0 Å². The molecule has 7 nitrogen and oxygen atoms in total. The van der Waals surface area contributed by atoms with Gasteiger partial charge in [-0.3, -0.25) is 4.79 Å². The Morgan fingerprint density at radius 3 is 2.80 bits per heavy atom. The van der Waals surface area contributed by atoms with Crippen LogP contribution in [0.2, 0.25) is 0 Å². The van der Waals surface area contributed by atoms with E-state index in [0.29, 0.717) is 37.6 Å². The minimum atomic E-state index is -3.21. The van der Waals surface area contributed by atoms with E-state index in [1.54, 1.807) is 17.0 Å². The van der Waals surface area contributed by atoms with E-state index < -0.39 is 10.0 Å². The van der Waals surface area contributed by atoms with Gasteiger partial charge in [0.2, 0.25) is 10.0 Å². The quantitative estimate of drug-likeness (QED) is 0.872. The maximum Gasteiger partial charge on any atom is 0.289 e. The van der Waals surface area contributed by atoms with Gasteiger partial charge >= 0.3 is 0 Å². The minimum absolute atomic E-state index is 0.135. The van der Waals surface area contributed by atoms with Crippen LogP contribution >= 0.6 is 0 Å². The number of carbonyl (C=O) groups excluding carboxylic acids is 1. The van der Waals surface area contributed by atoms with Crippen LogP contribution < -0.4 is 4.72 Å². The lowest BCUT2D eigenvalue weighted by Gasteiger charge is -2.23. The average molecular weight is 365 g/mol. The van der Waals surface area contributed by atoms with Crippen molar-refractivity contribution in [3.63, 3.8) is 0 Å². The highest BCUT2D eigenvalue weighted by atomic mass is 32.2. The van der Waals surface area contributed by atoms with Gasteiger partial charge in [0, 0.05) is 31.5 Å². The molecule has 3 rings (SSSR count). The SMILES string of the molecule is Cc1ccc(C(=O)N2Cc3cccn3C[C@@H](CCNS(C)(=O)=O)C2)o1. The first-order chi connectivity index (χ1) is 11.8. The zero-order chi connectivity index (χ0) is 18.0. The monoisotopic (exact) mass is 365 g/mol. The normalized spacial score (nSPS) is 18.0. The summed E-state index contributed by atoms with van der Waals surface area (Å²) in [5, 5.41) is 0. The van der Waals surface area contributed by atoms with Crippen LogP contribution in [0, 0.1) is 12.8 Å². The number of nitrogens with zero attached hydrogens (tertiary/aromatic N) is 2. The summed E-state index contributed by atoms with van der Waals surface area (Å²) in [6, 6.07) is 7.44. The topological polar surface area (TPSA) is 84.5 Å². The number of hydrogen-bond acceptors (Lipinski definition) is 4. The van der Waals surface area contributed by atoms with Crippen molar-refractivity contribution < 1.29 is 17.6 Å². The minimum Gasteiger partial charge on any atom is -0.456 e. The lowest BCUT2D eigenvalue weighted by atomic mass is 10.1. The second kappa shape index (κ2) is 7.05. The average Bonchev–Trinajstić information content (AvgIpc) is 3.10. The van der Waals surface area contributed by atoms with Crippen molar-refractivity contribution in [2.45, 2.75) is 26.4 Å². The van der Waals surface area contributed by atoms with Gasteiger partial charge in [0.25, 0.3) is 5.91 Å². The summed E-state index contributed by atoms with van der Waals surface area (Å²) in [6.45, 7) is 4.01. The maximum atomic E-state index is 12.8. The zero-order valence-electron chi connectivity index (χ0n) is 14.4. The lowest BCUT2D eigenvalue weighted by molar-refractivity contribution is 0.0685. The molecule has 1 atom stereocenters. The molecule has 0 bridgehead atoms. The summed E-state index contributed by atoms with van der Waals surface area (Å²) in [5.74, 6) is 1.06. The first-order valence-corrected chi connectivity index (χ1v) is 10.2. The fourth-order valence-electron chi connectivity index (χ4n) is 3.17. The van der Waals surface area contributed by atoms with E-state index in [-0.39, 0.29) is 11.8 Å². The van der Waals surface area contributed by atoms with Crippen LogP contribution in [0.5, 0.6) is 0 Å². The molecule has 0 aromatic carbocycles. The first kappa shape index (κ1) is 17.8. The van der Waals surface area contributed by atoms with Crippen LogP contribution in [0.3, 0.4) is 0 Å². The summed E-state index contributed by atoms with van der Waals surface area (Å²) in [4.78, 5) is 14.6. The Hall–Kier alpha value is -2.06. The molecule has 1 aliphatic heterocycles. The molecule has 0 unspecified atom stereocenters. The van der Waals surface area contributed by atoms with E-state index in [2.05, 4.69) is 9.29 Å². The lowest BCUT2D eigenvalue weighted by Crippen LogP contribution is -2.35. The number of furan rings is 1. The summed E-state index contributed by atoms with van der Waals surface area (Å²) >= 11 is 0. The van der Waals surface area contributed by atoms with Crippen LogP contribution in [0.15, 0.2) is 34.9 Å². The van der Waals surface area contributed by atoms with Gasteiger partial charge in [-0.15, -0.1) is 0 Å². The molecule has 0 saturated carbocycles. The molecule has 1 aliphatic rings. The molecule has 0 fully saturated rings. The van der Waals surface area contributed by atoms with Crippen molar-refractivity contribution in [1.29, 1.82) is 0 Å². The van der Waals surface area contributed by atoms with Crippen LogP contribution in [0.4, 0.5) is 0 Å². The van der Waals surface area contributed by atoms with E-state index in [4.69, 9.17) is 4.42 Å². The van der Waals surface area contributed by atoms with E-state index >= 15 is 0 Å². The Morgan fingerprint density at radius 1 is 1.32 bits per heavy atom. The number of aromatic nitrogens is 1. The third-order valence-corrected chi connectivity index (χ3v) is 5.09. The van der Waals surface area contributed by atoms with Crippen LogP contribution in [0.1, 0.15) is 28.4 Å². The van der Waals surface area contributed by atoms with Crippen LogP contribution in [-0.2, 0) is 23.1 Å². The van der Waals surface area contributed by atoms with E-state index in [1.807, 2.05) is 25.3 Å². The van der Waals surface area contributed by atoms with Gasteiger partial charge in [-0.25, -0.2) is 13.1 Å². The largest absolute Gasteiger partial charge is 0.456 e. The van der Waals surface area contributed by atoms with Crippen molar-refractivity contribution >= 4 is 15.9 Å². The molecule has 25 heavy (non-hydrogen) atoms. The van der Waals surface area contributed by atoms with Crippen molar-refractivity contribution in [2.24, 2.45) is 5.92 Å². The molecule has 8 heteroatoms. The zero-order valence-corrected chi connectivity index (χ0v) is 15.3. The smallest absolute Gasteiger partial charge is 0.289 e. The van der Waals surface area contributed by atoms with E-state index in [9.17, 15) is 13.2 Å². The Bertz CT molecular complexity index is 853. The van der Waals surface area contributed by atoms with Crippen molar-refractivity contribution in [2.75, 3.05) is 19.3 Å². The van der Waals surface area contributed by atoms with Gasteiger partial charge in [-0.2, -0.15) is 0 Å². The predicted octanol–water partition coefficient (Wildman–Crippen LogP) is 1.60. The summed E-state index contributed by atoms with van der Waals surface area (Å²) in [5.41, 5.74) is 1.07. The third kappa shape index (κ3) is 4.52. The van der Waals surface area contributed by atoms with Gasteiger partial charge in [-0.1, -0.05) is 0 Å². The number of hydrogen-bond donors (Lipinski definition) is 1. The van der Waals surface area contributed by atoms with Gasteiger partial charge in [0.15, 0.2) is 5.76 Å². The summed E-state index contributed by atoms with van der Waals surface area (Å²) in [6.07, 6.45) is 3.81. The second-order valence-electron chi connectivity index (χ2n) is 6.57. The standard InChI is InChI=1S/C17H23N3O4S/c1-13-5-6-16(24-13)17(21)20-11-14(7-8-18-25(2,22)23)10-19-9-3-4-15(19)12-20/h3-6,9,14,18H,7-8,10-12H2,1-2H3/t14-/m1/s1. The number of sulfonamides is 1. The highest BCUT2D eigenvalue weighted by Crippen LogP contribution is 2.21. The molecule has 2 aromatic rings. The van der Waals surface area contributed by atoms with E-state index in [0.717, 1.165) is 18.5 Å². The number of aryl methyl sites for hydroxylation is 1. The number of amides is 1. The Labute approximate surface area is 147 Å². The number of rotatable bonds is 5. The number of fused-ring (bicyclic) bond motifs is 1. The first-order valence-electron chi connectivity index (χ1n) is 8.26. The van der Waals surface area contributed by atoms with Crippen molar-refractivity contribution in [1.82, 2.24) is 14.2 Å². The number of carbonyl (C=O) groups is 1. The molecule has 136 valence electrons. The fourth-order valence-corrected chi connectivity index (χ4v) is 3.66. The third-order valence-electron chi connectivity index (χ3n) is 4.37. The van der Waals surface area contributed by atoms with Crippen LogP contribution in [-0.4, -0.2) is 43.1 Å². The molecule has 0 spiro atoms. The molecule has 1 N–H and O–H groups in total. The van der Waals surface area contributed by atoms with Crippen molar-refractivity contribution in [3.05, 3.63) is 47.7 Å². The van der Waals surface area contributed by atoms with Gasteiger partial charge in [0.05, 0.1) is 12.8 Å². The molecule has 2 aromatic heterocycles. The summed E-state index contributed by atoms with van der Waals surface area (Å²) in [7, 11) is -3.21. The highest BCUT2D eigenvalue weighted by molar-refractivity contribution is 7.88. The van der Waals surface area contributed by atoms with E-state index in [1.165, 1.54) is 0 Å². The number of nitrogens with one attached hydrogen (secondary N) is 1. The molecule has 0 aliphatic carbocycles. The van der Waals surface area contributed by atoms with Gasteiger partial charge < -0.3 is 13.9 Å². The van der Waals surface area contributed by atoms with Gasteiger partial charge in [-0.05, 0) is 43.5 Å². The molecule has 1 amide bonds. The summed E-state index contributed by atoms with van der Waals surface area (Å²) < 4.78 is 32.7. The molecular weight excluding hydrogens is 342 g/mol.